The van der Waals surface area contributed by atoms with Gasteiger partial charge in [-0.2, -0.15) is 0 Å². The summed E-state index contributed by atoms with van der Waals surface area (Å²) in [4.78, 5) is 36.4. The van der Waals surface area contributed by atoms with Gasteiger partial charge in [0.2, 0.25) is 0 Å². The zero-order valence-electron chi connectivity index (χ0n) is 18.6. The summed E-state index contributed by atoms with van der Waals surface area (Å²) < 4.78 is 1.89. The quantitative estimate of drug-likeness (QED) is 0.276. The lowest BCUT2D eigenvalue weighted by atomic mass is 9.97. The number of fused-ring (bicyclic) bond motifs is 1. The van der Waals surface area contributed by atoms with Crippen molar-refractivity contribution < 1.29 is 24.6 Å². The monoisotopic (exact) mass is 456 g/mol. The number of carboxylic acid groups (broad SMARTS) is 1. The van der Waals surface area contributed by atoms with Crippen molar-refractivity contribution in [3.63, 3.8) is 0 Å². The van der Waals surface area contributed by atoms with Gasteiger partial charge >= 0.3 is 5.97 Å². The number of primary amides is 1. The van der Waals surface area contributed by atoms with E-state index in [0.29, 0.717) is 24.2 Å². The third-order valence-corrected chi connectivity index (χ3v) is 5.97. The number of aromatic nitrogens is 1. The van der Waals surface area contributed by atoms with Crippen molar-refractivity contribution in [2.75, 3.05) is 0 Å². The number of nitrogens with zero attached hydrogens (tertiary/aromatic N) is 1. The summed E-state index contributed by atoms with van der Waals surface area (Å²) in [7, 11) is 0. The van der Waals surface area contributed by atoms with E-state index in [2.05, 4.69) is 0 Å². The molecule has 0 aliphatic carbocycles. The van der Waals surface area contributed by atoms with E-state index in [1.54, 1.807) is 12.1 Å². The average Bonchev–Trinajstić information content (AvgIpc) is 3.17. The number of aliphatic carboxylic acids is 1. The normalized spacial score (nSPS) is 11.9. The van der Waals surface area contributed by atoms with Crippen LogP contribution in [0.4, 0.5) is 0 Å². The minimum Gasteiger partial charge on any atom is -0.479 e. The Morgan fingerprint density at radius 2 is 1.62 bits per heavy atom. The molecule has 3 aromatic carbocycles. The SMILES string of the molecule is CCc1c(C(=O)C(N)=O)c2c(C(O)C(=O)O)cccc2n1Cc1ccccc1-c1ccccc1. The van der Waals surface area contributed by atoms with Crippen LogP contribution in [0.5, 0.6) is 0 Å². The number of hydrogen-bond acceptors (Lipinski definition) is 4. The Morgan fingerprint density at radius 1 is 0.941 bits per heavy atom. The molecule has 0 saturated carbocycles. The van der Waals surface area contributed by atoms with Gasteiger partial charge in [0.05, 0.1) is 5.56 Å². The van der Waals surface area contributed by atoms with E-state index >= 15 is 0 Å². The van der Waals surface area contributed by atoms with E-state index in [0.717, 1.165) is 16.7 Å². The van der Waals surface area contributed by atoms with Crippen molar-refractivity contribution in [2.24, 2.45) is 5.73 Å². The van der Waals surface area contributed by atoms with Crippen molar-refractivity contribution in [3.8, 4) is 11.1 Å². The molecule has 7 nitrogen and oxygen atoms in total. The second-order valence-electron chi connectivity index (χ2n) is 7.96. The van der Waals surface area contributed by atoms with Crippen LogP contribution < -0.4 is 5.73 Å². The Hall–Kier alpha value is -4.23. The summed E-state index contributed by atoms with van der Waals surface area (Å²) in [5, 5.41) is 20.0. The minimum absolute atomic E-state index is 0.0399. The van der Waals surface area contributed by atoms with Gasteiger partial charge in [0.25, 0.3) is 11.7 Å². The maximum Gasteiger partial charge on any atom is 0.337 e. The third kappa shape index (κ3) is 3.97. The molecule has 34 heavy (non-hydrogen) atoms. The Kier molecular flexibility index (Phi) is 6.30. The molecule has 0 aliphatic rings. The molecule has 1 unspecified atom stereocenters. The highest BCUT2D eigenvalue weighted by Gasteiger charge is 2.30. The lowest BCUT2D eigenvalue weighted by molar-refractivity contribution is -0.146. The van der Waals surface area contributed by atoms with Gasteiger partial charge in [0, 0.05) is 28.7 Å². The van der Waals surface area contributed by atoms with E-state index < -0.39 is 23.8 Å². The highest BCUT2D eigenvalue weighted by atomic mass is 16.4. The Bertz CT molecular complexity index is 1410. The first-order chi connectivity index (χ1) is 16.3. The molecule has 0 bridgehead atoms. The number of carbonyl (C=O) groups excluding carboxylic acids is 2. The molecule has 0 radical (unpaired) electrons. The fourth-order valence-electron chi connectivity index (χ4n) is 4.48. The van der Waals surface area contributed by atoms with Crippen LogP contribution in [-0.2, 0) is 22.6 Å². The van der Waals surface area contributed by atoms with Crippen LogP contribution in [0.1, 0.15) is 40.2 Å². The van der Waals surface area contributed by atoms with Crippen LogP contribution >= 0.6 is 0 Å². The molecule has 0 fully saturated rings. The summed E-state index contributed by atoms with van der Waals surface area (Å²) in [5.41, 5.74) is 9.54. The Labute approximate surface area is 196 Å². The van der Waals surface area contributed by atoms with E-state index in [9.17, 15) is 24.6 Å². The zero-order valence-corrected chi connectivity index (χ0v) is 18.6. The summed E-state index contributed by atoms with van der Waals surface area (Å²) in [6, 6.07) is 22.6. The molecule has 1 amide bonds. The van der Waals surface area contributed by atoms with Crippen LogP contribution in [0.15, 0.2) is 72.8 Å². The predicted molar refractivity (Wildman–Crippen MR) is 128 cm³/mol. The second-order valence-corrected chi connectivity index (χ2v) is 7.96. The number of hydrogen-bond donors (Lipinski definition) is 3. The summed E-state index contributed by atoms with van der Waals surface area (Å²) >= 11 is 0. The first kappa shape index (κ1) is 22.9. The first-order valence-corrected chi connectivity index (χ1v) is 10.9. The van der Waals surface area contributed by atoms with E-state index in [1.807, 2.05) is 66.1 Å². The lowest BCUT2D eigenvalue weighted by Gasteiger charge is -2.15. The molecule has 1 heterocycles. The molecule has 172 valence electrons. The van der Waals surface area contributed by atoms with Crippen LogP contribution in [-0.4, -0.2) is 32.4 Å². The Morgan fingerprint density at radius 3 is 2.26 bits per heavy atom. The summed E-state index contributed by atoms with van der Waals surface area (Å²) in [6.45, 7) is 2.21. The number of nitrogens with two attached hydrogens (primary N) is 1. The molecule has 1 aromatic heterocycles. The van der Waals surface area contributed by atoms with Crippen LogP contribution in [0, 0.1) is 0 Å². The van der Waals surface area contributed by atoms with Crippen molar-refractivity contribution in [1.29, 1.82) is 0 Å². The van der Waals surface area contributed by atoms with Gasteiger partial charge in [-0.3, -0.25) is 9.59 Å². The fraction of sp³-hybridized carbons (Fsp3) is 0.148. The van der Waals surface area contributed by atoms with Gasteiger partial charge in [0.15, 0.2) is 6.10 Å². The van der Waals surface area contributed by atoms with E-state index in [1.165, 1.54) is 6.07 Å². The highest BCUT2D eigenvalue weighted by molar-refractivity contribution is 6.45. The molecule has 7 heteroatoms. The molecule has 0 aliphatic heterocycles. The van der Waals surface area contributed by atoms with Crippen molar-refractivity contribution in [2.45, 2.75) is 26.0 Å². The molecule has 0 saturated heterocycles. The number of rotatable bonds is 8. The average molecular weight is 456 g/mol. The maximum atomic E-state index is 12.9. The van der Waals surface area contributed by atoms with Crippen LogP contribution in [0.25, 0.3) is 22.0 Å². The summed E-state index contributed by atoms with van der Waals surface area (Å²) in [6.07, 6.45) is -1.47. The number of amides is 1. The molecule has 1 atom stereocenters. The lowest BCUT2D eigenvalue weighted by Crippen LogP contribution is -2.24. The first-order valence-electron chi connectivity index (χ1n) is 10.9. The van der Waals surface area contributed by atoms with E-state index in [-0.39, 0.29) is 16.5 Å². The number of Topliss-reactive ketones (excluding diaryl/α,β-unsaturated/α-hetero) is 1. The molecule has 4 aromatic rings. The van der Waals surface area contributed by atoms with Crippen LogP contribution in [0.2, 0.25) is 0 Å². The van der Waals surface area contributed by atoms with Gasteiger partial charge in [-0.25, -0.2) is 4.79 Å². The number of carboxylic acids is 1. The number of ketones is 1. The maximum absolute atomic E-state index is 12.9. The number of benzene rings is 3. The summed E-state index contributed by atoms with van der Waals surface area (Å²) in [5.74, 6) is -3.51. The largest absolute Gasteiger partial charge is 0.479 e. The molecular weight excluding hydrogens is 432 g/mol. The number of aliphatic hydroxyl groups excluding tert-OH is 1. The molecule has 4 rings (SSSR count). The Balaban J connectivity index is 2.00. The predicted octanol–water partition coefficient (Wildman–Crippen LogP) is 3.71. The standard InChI is InChI=1S/C27H24N2O5/c1-2-20-23(25(31)26(28)32)22-19(24(30)27(33)34)13-8-14-21(22)29(20)15-17-11-6-7-12-18(17)16-9-4-3-5-10-16/h3-14,24,30H,2,15H2,1H3,(H2,28,32)(H,33,34). The highest BCUT2D eigenvalue weighted by Crippen LogP contribution is 2.35. The zero-order chi connectivity index (χ0) is 24.4. The van der Waals surface area contributed by atoms with Crippen molar-refractivity contribution in [3.05, 3.63) is 95.2 Å². The fourth-order valence-corrected chi connectivity index (χ4v) is 4.48. The number of aliphatic hydroxyl groups is 1. The smallest absolute Gasteiger partial charge is 0.337 e. The van der Waals surface area contributed by atoms with Crippen molar-refractivity contribution in [1.82, 2.24) is 4.57 Å². The van der Waals surface area contributed by atoms with Gasteiger partial charge in [0.1, 0.15) is 0 Å². The van der Waals surface area contributed by atoms with Gasteiger partial charge in [-0.05, 0) is 29.2 Å². The molecular formula is C27H24N2O5. The topological polar surface area (TPSA) is 123 Å². The van der Waals surface area contributed by atoms with Crippen LogP contribution in [0.3, 0.4) is 0 Å². The van der Waals surface area contributed by atoms with Gasteiger partial charge < -0.3 is 20.5 Å². The van der Waals surface area contributed by atoms with Gasteiger partial charge in [-0.1, -0.05) is 73.7 Å². The molecule has 0 spiro atoms. The second kappa shape index (κ2) is 9.33. The van der Waals surface area contributed by atoms with Gasteiger partial charge in [-0.15, -0.1) is 0 Å². The number of carbonyl (C=O) groups is 3. The minimum atomic E-state index is -1.86. The third-order valence-electron chi connectivity index (χ3n) is 5.97. The molecule has 4 N–H and O–H groups in total. The van der Waals surface area contributed by atoms with E-state index in [4.69, 9.17) is 5.73 Å². The van der Waals surface area contributed by atoms with Crippen molar-refractivity contribution >= 4 is 28.6 Å².